The highest BCUT2D eigenvalue weighted by atomic mass is 32.2. The van der Waals surface area contributed by atoms with Crippen LogP contribution in [-0.2, 0) is 14.8 Å². The van der Waals surface area contributed by atoms with Crippen molar-refractivity contribution in [1.29, 1.82) is 0 Å². The molecule has 0 bridgehead atoms. The summed E-state index contributed by atoms with van der Waals surface area (Å²) >= 11 is 0. The van der Waals surface area contributed by atoms with Gasteiger partial charge in [-0.25, -0.2) is 8.42 Å². The maximum Gasteiger partial charge on any atom is 0.387 e. The molecule has 1 saturated heterocycles. The van der Waals surface area contributed by atoms with Gasteiger partial charge in [0.1, 0.15) is 10.6 Å². The van der Waals surface area contributed by atoms with Crippen molar-refractivity contribution in [3.8, 4) is 5.75 Å². The van der Waals surface area contributed by atoms with E-state index >= 15 is 0 Å². The molecule has 146 valence electrons. The van der Waals surface area contributed by atoms with Crippen molar-refractivity contribution in [2.75, 3.05) is 26.7 Å². The van der Waals surface area contributed by atoms with Crippen LogP contribution in [0.1, 0.15) is 19.3 Å². The number of alkyl halides is 2. The van der Waals surface area contributed by atoms with Crippen LogP contribution >= 0.6 is 0 Å². The van der Waals surface area contributed by atoms with Gasteiger partial charge in [0.2, 0.25) is 10.0 Å². The summed E-state index contributed by atoms with van der Waals surface area (Å²) in [5.41, 5.74) is 0. The summed E-state index contributed by atoms with van der Waals surface area (Å²) in [6.07, 6.45) is 1.66. The van der Waals surface area contributed by atoms with E-state index < -0.39 is 22.6 Å². The van der Waals surface area contributed by atoms with Crippen molar-refractivity contribution < 1.29 is 31.8 Å². The zero-order chi connectivity index (χ0) is 19.3. The number of likely N-dealkylation sites (N-methyl/N-ethyl adjacent to an activating group) is 1. The molecule has 1 aromatic carbocycles. The number of carboxylic acids is 1. The first-order chi connectivity index (χ1) is 12.2. The third-order valence-electron chi connectivity index (χ3n) is 4.35. The Morgan fingerprint density at radius 2 is 2.04 bits per heavy atom. The minimum atomic E-state index is -3.99. The Balaban J connectivity index is 2.17. The van der Waals surface area contributed by atoms with Gasteiger partial charge in [0.25, 0.3) is 0 Å². The van der Waals surface area contributed by atoms with Gasteiger partial charge in [-0.2, -0.15) is 13.1 Å². The highest BCUT2D eigenvalue weighted by Gasteiger charge is 2.31. The average molecular weight is 392 g/mol. The van der Waals surface area contributed by atoms with Crippen molar-refractivity contribution >= 4 is 16.0 Å². The van der Waals surface area contributed by atoms with Gasteiger partial charge in [0.15, 0.2) is 0 Å². The van der Waals surface area contributed by atoms with Crippen molar-refractivity contribution in [2.24, 2.45) is 0 Å². The van der Waals surface area contributed by atoms with E-state index in [0.717, 1.165) is 0 Å². The Bertz CT molecular complexity index is 729. The van der Waals surface area contributed by atoms with Crippen molar-refractivity contribution in [2.45, 2.75) is 36.8 Å². The van der Waals surface area contributed by atoms with Crippen LogP contribution in [0, 0.1) is 0 Å². The molecule has 1 fully saturated rings. The molecule has 1 aliphatic rings. The topological polar surface area (TPSA) is 87.2 Å². The zero-order valence-electron chi connectivity index (χ0n) is 14.3. The highest BCUT2D eigenvalue weighted by Crippen LogP contribution is 2.29. The van der Waals surface area contributed by atoms with Crippen LogP contribution in [0.2, 0.25) is 0 Å². The van der Waals surface area contributed by atoms with Gasteiger partial charge in [-0.15, -0.1) is 0 Å². The molecule has 0 amide bonds. The van der Waals surface area contributed by atoms with E-state index in [2.05, 4.69) is 4.74 Å². The maximum atomic E-state index is 12.9. The number of hydrogen-bond donors (Lipinski definition) is 1. The largest absolute Gasteiger partial charge is 0.480 e. The first-order valence-corrected chi connectivity index (χ1v) is 9.62. The minimum Gasteiger partial charge on any atom is -0.480 e. The zero-order valence-corrected chi connectivity index (χ0v) is 15.2. The number of halogens is 2. The fourth-order valence-electron chi connectivity index (χ4n) is 3.07. The van der Waals surface area contributed by atoms with E-state index in [9.17, 15) is 22.0 Å². The van der Waals surface area contributed by atoms with E-state index in [1.807, 2.05) is 0 Å². The number of carbonyl (C=O) groups is 1. The third kappa shape index (κ3) is 5.12. The second-order valence-electron chi connectivity index (χ2n) is 6.12. The Hall–Kier alpha value is -1.78. The predicted molar refractivity (Wildman–Crippen MR) is 89.7 cm³/mol. The normalized spacial score (nSPS) is 19.5. The Labute approximate surface area is 151 Å². The molecule has 10 heteroatoms. The van der Waals surface area contributed by atoms with Crippen LogP contribution < -0.4 is 4.74 Å². The summed E-state index contributed by atoms with van der Waals surface area (Å²) < 4.78 is 56.5. The molecule has 1 atom stereocenters. The van der Waals surface area contributed by atoms with Gasteiger partial charge in [0.05, 0.1) is 6.54 Å². The number of rotatable bonds is 7. The second-order valence-corrected chi connectivity index (χ2v) is 8.03. The molecule has 1 aromatic rings. The van der Waals surface area contributed by atoms with E-state index in [1.54, 1.807) is 11.9 Å². The lowest BCUT2D eigenvalue weighted by Gasteiger charge is -2.25. The minimum absolute atomic E-state index is 0.0566. The van der Waals surface area contributed by atoms with E-state index in [4.69, 9.17) is 5.11 Å². The SMILES string of the molecule is CN(CC(=O)O)C1CCCN(S(=O)(=O)c2ccccc2OC(F)F)CC1. The fourth-order valence-corrected chi connectivity index (χ4v) is 4.69. The summed E-state index contributed by atoms with van der Waals surface area (Å²) in [6.45, 7) is -2.82. The van der Waals surface area contributed by atoms with E-state index in [0.29, 0.717) is 19.3 Å². The first-order valence-electron chi connectivity index (χ1n) is 8.18. The lowest BCUT2D eigenvalue weighted by molar-refractivity contribution is -0.138. The number of ether oxygens (including phenoxy) is 1. The average Bonchev–Trinajstić information content (AvgIpc) is 2.80. The third-order valence-corrected chi connectivity index (χ3v) is 6.29. The number of aliphatic carboxylic acids is 1. The Morgan fingerprint density at radius 1 is 1.35 bits per heavy atom. The number of carboxylic acid groups (broad SMARTS) is 1. The molecule has 2 rings (SSSR count). The van der Waals surface area contributed by atoms with Crippen molar-refractivity contribution in [1.82, 2.24) is 9.21 Å². The molecule has 0 spiro atoms. The fraction of sp³-hybridized carbons (Fsp3) is 0.562. The van der Waals surface area contributed by atoms with Crippen LogP contribution in [0.3, 0.4) is 0 Å². The molecule has 0 radical (unpaired) electrons. The second kappa shape index (κ2) is 8.74. The molecule has 1 N–H and O–H groups in total. The summed E-state index contributed by atoms with van der Waals surface area (Å²) in [7, 11) is -2.30. The standard InChI is InChI=1S/C16H22F2N2O5S/c1-19(11-15(21)22)12-5-4-9-20(10-8-12)26(23,24)14-7-3-2-6-13(14)25-16(17)18/h2-3,6-7,12,16H,4-5,8-11H2,1H3,(H,21,22). The predicted octanol–water partition coefficient (Wildman–Crippen LogP) is 1.85. The molecule has 0 aromatic heterocycles. The smallest absolute Gasteiger partial charge is 0.387 e. The van der Waals surface area contributed by atoms with Crippen LogP contribution in [-0.4, -0.2) is 68.0 Å². The van der Waals surface area contributed by atoms with Crippen molar-refractivity contribution in [3.63, 3.8) is 0 Å². The number of hydrogen-bond acceptors (Lipinski definition) is 5. The van der Waals surface area contributed by atoms with Gasteiger partial charge in [0, 0.05) is 19.1 Å². The Kier molecular flexibility index (Phi) is 6.90. The molecule has 1 unspecified atom stereocenters. The summed E-state index contributed by atoms with van der Waals surface area (Å²) in [6, 6.07) is 5.26. The van der Waals surface area contributed by atoms with Gasteiger partial charge in [-0.05, 0) is 38.4 Å². The lowest BCUT2D eigenvalue weighted by atomic mass is 10.1. The number of sulfonamides is 1. The number of para-hydroxylation sites is 1. The van der Waals surface area contributed by atoms with Crippen LogP contribution in [0.25, 0.3) is 0 Å². The first kappa shape index (κ1) is 20.5. The van der Waals surface area contributed by atoms with E-state index in [1.165, 1.54) is 28.6 Å². The van der Waals surface area contributed by atoms with Gasteiger partial charge >= 0.3 is 12.6 Å². The van der Waals surface area contributed by atoms with Crippen LogP contribution in [0.4, 0.5) is 8.78 Å². The molecule has 7 nitrogen and oxygen atoms in total. The van der Waals surface area contributed by atoms with Gasteiger partial charge in [-0.1, -0.05) is 12.1 Å². The lowest BCUT2D eigenvalue weighted by Crippen LogP contribution is -2.37. The molecular formula is C16H22F2N2O5S. The molecular weight excluding hydrogens is 370 g/mol. The molecule has 26 heavy (non-hydrogen) atoms. The number of benzene rings is 1. The molecule has 0 aliphatic carbocycles. The van der Waals surface area contributed by atoms with Crippen LogP contribution in [0.15, 0.2) is 29.2 Å². The van der Waals surface area contributed by atoms with Gasteiger partial charge < -0.3 is 9.84 Å². The summed E-state index contributed by atoms with van der Waals surface area (Å²) in [4.78, 5) is 12.2. The Morgan fingerprint density at radius 3 is 2.69 bits per heavy atom. The van der Waals surface area contributed by atoms with Gasteiger partial charge in [-0.3, -0.25) is 9.69 Å². The quantitative estimate of drug-likeness (QED) is 0.762. The summed E-state index contributed by atoms with van der Waals surface area (Å²) in [5, 5.41) is 8.89. The molecule has 1 aliphatic heterocycles. The number of nitrogens with zero attached hydrogens (tertiary/aromatic N) is 2. The summed E-state index contributed by atoms with van der Waals surface area (Å²) in [5.74, 6) is -1.33. The molecule has 1 heterocycles. The monoisotopic (exact) mass is 392 g/mol. The van der Waals surface area contributed by atoms with Crippen LogP contribution in [0.5, 0.6) is 5.75 Å². The van der Waals surface area contributed by atoms with E-state index in [-0.39, 0.29) is 36.3 Å². The molecule has 0 saturated carbocycles. The maximum absolute atomic E-state index is 12.9. The van der Waals surface area contributed by atoms with Crippen molar-refractivity contribution in [3.05, 3.63) is 24.3 Å². The highest BCUT2D eigenvalue weighted by molar-refractivity contribution is 7.89.